The first-order chi connectivity index (χ1) is 9.50. The molecule has 0 aliphatic heterocycles. The van der Waals surface area contributed by atoms with Crippen LogP contribution in [0, 0.1) is 6.92 Å². The van der Waals surface area contributed by atoms with E-state index in [2.05, 4.69) is 19.1 Å². The number of carboxylic acids is 1. The Morgan fingerprint density at radius 3 is 2.25 bits per heavy atom. The van der Waals surface area contributed by atoms with Gasteiger partial charge in [0.05, 0.1) is 0 Å². The largest absolute Gasteiger partial charge is 0.480 e. The van der Waals surface area contributed by atoms with E-state index in [4.69, 9.17) is 10.8 Å². The van der Waals surface area contributed by atoms with Gasteiger partial charge < -0.3 is 10.8 Å². The van der Waals surface area contributed by atoms with Crippen molar-refractivity contribution in [2.24, 2.45) is 5.73 Å². The van der Waals surface area contributed by atoms with Crippen LogP contribution in [0.5, 0.6) is 0 Å². The van der Waals surface area contributed by atoms with Crippen molar-refractivity contribution in [3.63, 3.8) is 0 Å². The fourth-order valence-corrected chi connectivity index (χ4v) is 2.28. The zero-order valence-corrected chi connectivity index (χ0v) is 11.7. The highest BCUT2D eigenvalue weighted by Gasteiger charge is 2.21. The maximum Gasteiger partial charge on any atom is 0.321 e. The van der Waals surface area contributed by atoms with E-state index < -0.39 is 12.0 Å². The number of nitrogens with two attached hydrogens (primary N) is 1. The highest BCUT2D eigenvalue weighted by Crippen LogP contribution is 2.26. The minimum absolute atomic E-state index is 0.210. The monoisotopic (exact) mass is 269 g/mol. The van der Waals surface area contributed by atoms with Crippen LogP contribution in [0.3, 0.4) is 0 Å². The minimum Gasteiger partial charge on any atom is -0.480 e. The molecular formula is C17H19NO2. The van der Waals surface area contributed by atoms with Gasteiger partial charge in [0.15, 0.2) is 0 Å². The third kappa shape index (κ3) is 2.89. The molecule has 0 spiro atoms. The lowest BCUT2D eigenvalue weighted by Crippen LogP contribution is -2.35. The number of hydrogen-bond donors (Lipinski definition) is 2. The highest BCUT2D eigenvalue weighted by atomic mass is 16.4. The summed E-state index contributed by atoms with van der Waals surface area (Å²) in [7, 11) is 0. The Labute approximate surface area is 119 Å². The Hall–Kier alpha value is -2.13. The van der Waals surface area contributed by atoms with Crippen molar-refractivity contribution < 1.29 is 9.90 Å². The molecule has 0 saturated carbocycles. The fraction of sp³-hybridized carbons (Fsp3) is 0.235. The van der Waals surface area contributed by atoms with Crippen molar-refractivity contribution in [3.8, 4) is 11.1 Å². The third-order valence-electron chi connectivity index (χ3n) is 3.72. The van der Waals surface area contributed by atoms with Gasteiger partial charge in [0.25, 0.3) is 0 Å². The Kier molecular flexibility index (Phi) is 4.20. The van der Waals surface area contributed by atoms with E-state index in [1.165, 1.54) is 11.1 Å². The molecule has 3 N–H and O–H groups in total. The average Bonchev–Trinajstić information content (AvgIpc) is 2.46. The lowest BCUT2D eigenvalue weighted by molar-refractivity contribution is -0.139. The lowest BCUT2D eigenvalue weighted by Gasteiger charge is -2.17. The summed E-state index contributed by atoms with van der Waals surface area (Å²) < 4.78 is 0. The van der Waals surface area contributed by atoms with Gasteiger partial charge in [-0.2, -0.15) is 0 Å². The standard InChI is InChI=1S/C17H19NO2/c1-11-5-3-4-6-15(11)14-9-7-13(8-10-14)12(2)16(18)17(19)20/h3-10,12,16H,18H2,1-2H3,(H,19,20)/t12-,16+/m1/s1. The molecule has 2 atom stereocenters. The van der Waals surface area contributed by atoms with Gasteiger partial charge in [-0.05, 0) is 29.2 Å². The molecule has 0 heterocycles. The lowest BCUT2D eigenvalue weighted by atomic mass is 9.91. The van der Waals surface area contributed by atoms with Gasteiger partial charge in [-0.3, -0.25) is 4.79 Å². The summed E-state index contributed by atoms with van der Waals surface area (Å²) in [5, 5.41) is 8.96. The summed E-state index contributed by atoms with van der Waals surface area (Å²) in [6.45, 7) is 3.91. The number of hydrogen-bond acceptors (Lipinski definition) is 2. The molecule has 20 heavy (non-hydrogen) atoms. The number of carboxylic acid groups (broad SMARTS) is 1. The quantitative estimate of drug-likeness (QED) is 0.896. The van der Waals surface area contributed by atoms with Crippen molar-refractivity contribution >= 4 is 5.97 Å². The van der Waals surface area contributed by atoms with Crippen LogP contribution >= 0.6 is 0 Å². The first kappa shape index (κ1) is 14.3. The summed E-state index contributed by atoms with van der Waals surface area (Å²) in [5.41, 5.74) is 10.1. The van der Waals surface area contributed by atoms with Crippen LogP contribution in [0.15, 0.2) is 48.5 Å². The molecule has 3 heteroatoms. The van der Waals surface area contributed by atoms with Crippen LogP contribution in [0.2, 0.25) is 0 Å². The van der Waals surface area contributed by atoms with E-state index >= 15 is 0 Å². The zero-order chi connectivity index (χ0) is 14.7. The molecule has 3 nitrogen and oxygen atoms in total. The van der Waals surface area contributed by atoms with Gasteiger partial charge in [0.2, 0.25) is 0 Å². The van der Waals surface area contributed by atoms with E-state index in [0.717, 1.165) is 11.1 Å². The topological polar surface area (TPSA) is 63.3 Å². The minimum atomic E-state index is -0.972. The van der Waals surface area contributed by atoms with E-state index in [0.29, 0.717) is 0 Å². The van der Waals surface area contributed by atoms with Crippen LogP contribution in [0.25, 0.3) is 11.1 Å². The van der Waals surface area contributed by atoms with Crippen LogP contribution in [0.1, 0.15) is 24.0 Å². The first-order valence-electron chi connectivity index (χ1n) is 6.65. The number of aliphatic carboxylic acids is 1. The average molecular weight is 269 g/mol. The molecule has 0 amide bonds. The number of rotatable bonds is 4. The van der Waals surface area contributed by atoms with Crippen molar-refractivity contribution in [2.75, 3.05) is 0 Å². The molecule has 0 aromatic heterocycles. The fourth-order valence-electron chi connectivity index (χ4n) is 2.28. The van der Waals surface area contributed by atoms with Gasteiger partial charge in [0.1, 0.15) is 6.04 Å². The summed E-state index contributed by atoms with van der Waals surface area (Å²) in [4.78, 5) is 10.9. The second-order valence-electron chi connectivity index (χ2n) is 5.09. The Morgan fingerprint density at radius 1 is 1.10 bits per heavy atom. The maximum absolute atomic E-state index is 10.9. The first-order valence-corrected chi connectivity index (χ1v) is 6.65. The predicted octanol–water partition coefficient (Wildman–Crippen LogP) is 3.18. The molecular weight excluding hydrogens is 250 g/mol. The number of aryl methyl sites for hydroxylation is 1. The molecule has 0 fully saturated rings. The second kappa shape index (κ2) is 5.88. The molecule has 2 rings (SSSR count). The van der Waals surface area contributed by atoms with Gasteiger partial charge in [-0.25, -0.2) is 0 Å². The summed E-state index contributed by atoms with van der Waals surface area (Å²) in [6.07, 6.45) is 0. The number of carbonyl (C=O) groups is 1. The summed E-state index contributed by atoms with van der Waals surface area (Å²) >= 11 is 0. The van der Waals surface area contributed by atoms with Crippen LogP contribution in [0.4, 0.5) is 0 Å². The number of benzene rings is 2. The van der Waals surface area contributed by atoms with Gasteiger partial charge >= 0.3 is 5.97 Å². The summed E-state index contributed by atoms with van der Waals surface area (Å²) in [6, 6.07) is 15.2. The zero-order valence-electron chi connectivity index (χ0n) is 11.7. The van der Waals surface area contributed by atoms with Crippen LogP contribution < -0.4 is 5.73 Å². The van der Waals surface area contributed by atoms with Crippen LogP contribution in [-0.2, 0) is 4.79 Å². The normalized spacial score (nSPS) is 13.8. The molecule has 2 aromatic carbocycles. The van der Waals surface area contributed by atoms with Crippen molar-refractivity contribution in [3.05, 3.63) is 59.7 Å². The second-order valence-corrected chi connectivity index (χ2v) is 5.09. The molecule has 0 radical (unpaired) electrons. The molecule has 2 aromatic rings. The predicted molar refractivity (Wildman–Crippen MR) is 80.6 cm³/mol. The van der Waals surface area contributed by atoms with Crippen molar-refractivity contribution in [2.45, 2.75) is 25.8 Å². The van der Waals surface area contributed by atoms with Gasteiger partial charge in [0, 0.05) is 5.92 Å². The molecule has 0 aliphatic rings. The third-order valence-corrected chi connectivity index (χ3v) is 3.72. The van der Waals surface area contributed by atoms with Crippen molar-refractivity contribution in [1.82, 2.24) is 0 Å². The van der Waals surface area contributed by atoms with E-state index in [1.54, 1.807) is 0 Å². The Bertz CT molecular complexity index is 605. The molecule has 0 saturated heterocycles. The summed E-state index contributed by atoms with van der Waals surface area (Å²) in [5.74, 6) is -1.18. The molecule has 0 bridgehead atoms. The highest BCUT2D eigenvalue weighted by molar-refractivity contribution is 5.74. The Morgan fingerprint density at radius 2 is 1.70 bits per heavy atom. The van der Waals surface area contributed by atoms with E-state index in [-0.39, 0.29) is 5.92 Å². The molecule has 104 valence electrons. The van der Waals surface area contributed by atoms with E-state index in [9.17, 15) is 4.79 Å². The molecule has 0 unspecified atom stereocenters. The van der Waals surface area contributed by atoms with Gasteiger partial charge in [-0.1, -0.05) is 55.5 Å². The smallest absolute Gasteiger partial charge is 0.321 e. The van der Waals surface area contributed by atoms with Crippen LogP contribution in [-0.4, -0.2) is 17.1 Å². The van der Waals surface area contributed by atoms with E-state index in [1.807, 2.05) is 43.3 Å². The molecule has 0 aliphatic carbocycles. The Balaban J connectivity index is 2.27. The van der Waals surface area contributed by atoms with Crippen molar-refractivity contribution in [1.29, 1.82) is 0 Å². The maximum atomic E-state index is 10.9. The SMILES string of the molecule is Cc1ccccc1-c1ccc([C@@H](C)[C@H](N)C(=O)O)cc1. The van der Waals surface area contributed by atoms with Gasteiger partial charge in [-0.15, -0.1) is 0 Å².